The van der Waals surface area contributed by atoms with Crippen molar-refractivity contribution in [2.75, 3.05) is 0 Å². The second kappa shape index (κ2) is 4.70. The number of hydrogen-bond donors (Lipinski definition) is 1. The van der Waals surface area contributed by atoms with E-state index in [4.69, 9.17) is 5.11 Å². The molecule has 4 heteroatoms. The van der Waals surface area contributed by atoms with Crippen molar-refractivity contribution in [1.82, 2.24) is 0 Å². The predicted octanol–water partition coefficient (Wildman–Crippen LogP) is 0.608. The summed E-state index contributed by atoms with van der Waals surface area (Å²) in [6.45, 7) is 0. The van der Waals surface area contributed by atoms with E-state index >= 15 is 0 Å². The van der Waals surface area contributed by atoms with Crippen LogP contribution in [-0.4, -0.2) is 48.8 Å². The third-order valence-electron chi connectivity index (χ3n) is 1.09. The van der Waals surface area contributed by atoms with E-state index < -0.39 is 11.8 Å². The third-order valence-corrected chi connectivity index (χ3v) is 1.09. The number of benzene rings is 1. The number of carboxylic acids is 1. The molecule has 56 valence electrons. The standard InChI is InChI=1S/C7H5FO2.Ca.2H/c8-6-3-1-5(2-4-6)7(9)10;;;/h1-4H,(H,9,10);;;. The molecule has 0 heterocycles. The Balaban J connectivity index is 0.000001000. The van der Waals surface area contributed by atoms with Gasteiger partial charge in [0, 0.05) is 0 Å². The molecule has 0 amide bonds. The van der Waals surface area contributed by atoms with Crippen molar-refractivity contribution < 1.29 is 14.3 Å². The summed E-state index contributed by atoms with van der Waals surface area (Å²) in [5.41, 5.74) is 0.0985. The molecule has 0 spiro atoms. The molecule has 0 saturated carbocycles. The average Bonchev–Trinajstić information content (AvgIpc) is 1.88. The molecule has 0 aliphatic carbocycles. The molecule has 1 aromatic carbocycles. The first kappa shape index (κ1) is 10.9. The molecule has 2 nitrogen and oxygen atoms in total. The third kappa shape index (κ3) is 3.18. The summed E-state index contributed by atoms with van der Waals surface area (Å²) >= 11 is 0. The Morgan fingerprint density at radius 1 is 1.27 bits per heavy atom. The van der Waals surface area contributed by atoms with Crippen LogP contribution >= 0.6 is 0 Å². The van der Waals surface area contributed by atoms with Crippen LogP contribution in [-0.2, 0) is 0 Å². The van der Waals surface area contributed by atoms with Gasteiger partial charge < -0.3 is 5.11 Å². The molecule has 0 atom stereocenters. The number of halogens is 1. The summed E-state index contributed by atoms with van der Waals surface area (Å²) in [4.78, 5) is 10.2. The van der Waals surface area contributed by atoms with Crippen LogP contribution < -0.4 is 0 Å². The fourth-order valence-electron chi connectivity index (χ4n) is 0.592. The fourth-order valence-corrected chi connectivity index (χ4v) is 0.592. The van der Waals surface area contributed by atoms with Crippen LogP contribution in [0.2, 0.25) is 0 Å². The molecule has 0 bridgehead atoms. The number of carboxylic acid groups (broad SMARTS) is 1. The van der Waals surface area contributed by atoms with Crippen LogP contribution in [0.15, 0.2) is 24.3 Å². The zero-order valence-electron chi connectivity index (χ0n) is 5.04. The summed E-state index contributed by atoms with van der Waals surface area (Å²) in [6.07, 6.45) is 0. The van der Waals surface area contributed by atoms with Gasteiger partial charge in [-0.2, -0.15) is 0 Å². The molecule has 0 radical (unpaired) electrons. The molecule has 1 aromatic rings. The predicted molar refractivity (Wildman–Crippen MR) is 41.9 cm³/mol. The van der Waals surface area contributed by atoms with Gasteiger partial charge in [-0.25, -0.2) is 9.18 Å². The van der Waals surface area contributed by atoms with Crippen LogP contribution in [0.3, 0.4) is 0 Å². The van der Waals surface area contributed by atoms with Gasteiger partial charge in [0.15, 0.2) is 0 Å². The SMILES string of the molecule is O=C(O)c1ccc(F)cc1.[CaH2]. The monoisotopic (exact) mass is 182 g/mol. The number of rotatable bonds is 1. The second-order valence-corrected chi connectivity index (χ2v) is 1.81. The molecule has 11 heavy (non-hydrogen) atoms. The van der Waals surface area contributed by atoms with Crippen LogP contribution in [0.1, 0.15) is 10.4 Å². The first-order valence-corrected chi connectivity index (χ1v) is 2.69. The Morgan fingerprint density at radius 2 is 1.73 bits per heavy atom. The molecule has 0 aliphatic heterocycles. The van der Waals surface area contributed by atoms with Crippen molar-refractivity contribution in [1.29, 1.82) is 0 Å². The van der Waals surface area contributed by atoms with Crippen LogP contribution in [0.4, 0.5) is 4.39 Å². The van der Waals surface area contributed by atoms with Crippen molar-refractivity contribution in [3.05, 3.63) is 35.6 Å². The Bertz CT molecular complexity index is 245. The quantitative estimate of drug-likeness (QED) is 0.646. The Hall–Kier alpha value is -0.120. The van der Waals surface area contributed by atoms with Gasteiger partial charge in [0.05, 0.1) is 5.56 Å². The maximum atomic E-state index is 12.2. The van der Waals surface area contributed by atoms with Gasteiger partial charge in [0.1, 0.15) is 5.82 Å². The fraction of sp³-hybridized carbons (Fsp3) is 0. The molecular weight excluding hydrogens is 175 g/mol. The van der Waals surface area contributed by atoms with Gasteiger partial charge in [-0.15, -0.1) is 0 Å². The zero-order valence-corrected chi connectivity index (χ0v) is 5.04. The van der Waals surface area contributed by atoms with Gasteiger partial charge >= 0.3 is 43.7 Å². The number of hydrogen-bond acceptors (Lipinski definition) is 1. The molecule has 1 N–H and O–H groups in total. The maximum absolute atomic E-state index is 12.2. The second-order valence-electron chi connectivity index (χ2n) is 1.81. The molecule has 0 aromatic heterocycles. The minimum atomic E-state index is -1.04. The Labute approximate surface area is 93.0 Å². The summed E-state index contributed by atoms with van der Waals surface area (Å²) in [5, 5.41) is 8.35. The normalized spacial score (nSPS) is 8.45. The van der Waals surface area contributed by atoms with E-state index in [2.05, 4.69) is 0 Å². The van der Waals surface area contributed by atoms with E-state index in [0.717, 1.165) is 12.1 Å². The number of carbonyl (C=O) groups is 1. The van der Waals surface area contributed by atoms with Crippen molar-refractivity contribution in [3.8, 4) is 0 Å². The van der Waals surface area contributed by atoms with Crippen molar-refractivity contribution in [2.24, 2.45) is 0 Å². The Morgan fingerprint density at radius 3 is 2.09 bits per heavy atom. The van der Waals surface area contributed by atoms with Crippen LogP contribution in [0.25, 0.3) is 0 Å². The molecule has 0 aliphatic rings. The average molecular weight is 182 g/mol. The number of aromatic carboxylic acids is 1. The van der Waals surface area contributed by atoms with Gasteiger partial charge in [0.2, 0.25) is 0 Å². The topological polar surface area (TPSA) is 37.3 Å². The van der Waals surface area contributed by atoms with Gasteiger partial charge in [-0.3, -0.25) is 0 Å². The van der Waals surface area contributed by atoms with E-state index in [1.54, 1.807) is 0 Å². The first-order chi connectivity index (χ1) is 4.70. The van der Waals surface area contributed by atoms with Gasteiger partial charge in [-0.1, -0.05) is 0 Å². The van der Waals surface area contributed by atoms with Crippen LogP contribution in [0, 0.1) is 5.82 Å². The van der Waals surface area contributed by atoms with Crippen molar-refractivity contribution >= 4 is 43.7 Å². The summed E-state index contributed by atoms with van der Waals surface area (Å²) in [7, 11) is 0. The van der Waals surface area contributed by atoms with E-state index in [0.29, 0.717) is 0 Å². The van der Waals surface area contributed by atoms with Gasteiger partial charge in [0.25, 0.3) is 0 Å². The molecule has 0 fully saturated rings. The van der Waals surface area contributed by atoms with E-state index in [1.165, 1.54) is 12.1 Å². The van der Waals surface area contributed by atoms with Crippen molar-refractivity contribution in [3.63, 3.8) is 0 Å². The molecule has 0 saturated heterocycles. The van der Waals surface area contributed by atoms with Crippen molar-refractivity contribution in [2.45, 2.75) is 0 Å². The summed E-state index contributed by atoms with van der Waals surface area (Å²) in [5.74, 6) is -1.47. The summed E-state index contributed by atoms with van der Waals surface area (Å²) in [6, 6.07) is 4.67. The molecule has 1 rings (SSSR count). The van der Waals surface area contributed by atoms with E-state index in [9.17, 15) is 9.18 Å². The Kier molecular flexibility index (Phi) is 4.64. The molecule has 0 unspecified atom stereocenters. The first-order valence-electron chi connectivity index (χ1n) is 2.69. The van der Waals surface area contributed by atoms with E-state index in [1.807, 2.05) is 0 Å². The summed E-state index contributed by atoms with van der Waals surface area (Å²) < 4.78 is 12.2. The molecular formula is C7H7CaFO2. The van der Waals surface area contributed by atoms with E-state index in [-0.39, 0.29) is 43.3 Å². The van der Waals surface area contributed by atoms with Crippen LogP contribution in [0.5, 0.6) is 0 Å². The minimum absolute atomic E-state index is 0. The zero-order chi connectivity index (χ0) is 7.56. The van der Waals surface area contributed by atoms with Gasteiger partial charge in [-0.05, 0) is 24.3 Å².